The fourth-order valence-corrected chi connectivity index (χ4v) is 1.71. The molecule has 72 valence electrons. The van der Waals surface area contributed by atoms with Crippen LogP contribution in [0, 0.1) is 0 Å². The van der Waals surface area contributed by atoms with Gasteiger partial charge in [0.25, 0.3) is 0 Å². The van der Waals surface area contributed by atoms with Crippen molar-refractivity contribution in [3.05, 3.63) is 11.4 Å². The van der Waals surface area contributed by atoms with Crippen molar-refractivity contribution >= 4 is 0 Å². The second-order valence-corrected chi connectivity index (χ2v) is 3.39. The first-order chi connectivity index (χ1) is 6.33. The highest BCUT2D eigenvalue weighted by Gasteiger charge is 2.20. The summed E-state index contributed by atoms with van der Waals surface area (Å²) in [6.45, 7) is 0.867. The van der Waals surface area contributed by atoms with E-state index in [9.17, 15) is 0 Å². The van der Waals surface area contributed by atoms with Crippen LogP contribution in [-0.4, -0.2) is 26.7 Å². The van der Waals surface area contributed by atoms with E-state index in [0.717, 1.165) is 30.8 Å². The van der Waals surface area contributed by atoms with Crippen molar-refractivity contribution < 1.29 is 5.11 Å². The number of hydrogen-bond donors (Lipinski definition) is 2. The van der Waals surface area contributed by atoms with Gasteiger partial charge in [-0.1, -0.05) is 5.21 Å². The first-order valence-corrected chi connectivity index (χ1v) is 4.61. The Balaban J connectivity index is 2.31. The zero-order chi connectivity index (χ0) is 9.26. The molecule has 5 nitrogen and oxygen atoms in total. The average molecular weight is 182 g/mol. The maximum absolute atomic E-state index is 8.91. The Morgan fingerprint density at radius 1 is 1.54 bits per heavy atom. The second-order valence-electron chi connectivity index (χ2n) is 3.39. The van der Waals surface area contributed by atoms with Crippen molar-refractivity contribution in [2.45, 2.75) is 31.8 Å². The molecule has 1 aliphatic rings. The number of rotatable bonds is 2. The molecule has 0 spiro atoms. The van der Waals surface area contributed by atoms with Crippen LogP contribution in [0.1, 0.15) is 30.3 Å². The third kappa shape index (κ3) is 1.45. The van der Waals surface area contributed by atoms with Gasteiger partial charge in [-0.05, 0) is 19.3 Å². The molecule has 0 saturated carbocycles. The van der Waals surface area contributed by atoms with E-state index in [1.54, 1.807) is 0 Å². The van der Waals surface area contributed by atoms with Gasteiger partial charge in [0.05, 0.1) is 18.3 Å². The van der Waals surface area contributed by atoms with Gasteiger partial charge in [-0.3, -0.25) is 0 Å². The van der Waals surface area contributed by atoms with Gasteiger partial charge in [-0.15, -0.1) is 5.10 Å². The molecule has 1 aromatic rings. The lowest BCUT2D eigenvalue weighted by Gasteiger charge is -2.14. The maximum Gasteiger partial charge on any atom is 0.105 e. The number of nitrogens with zero attached hydrogens (tertiary/aromatic N) is 3. The van der Waals surface area contributed by atoms with E-state index in [-0.39, 0.29) is 12.6 Å². The predicted octanol–water partition coefficient (Wildman–Crippen LogP) is -0.394. The Bertz CT molecular complexity index is 296. The predicted molar refractivity (Wildman–Crippen MR) is 47.0 cm³/mol. The minimum Gasteiger partial charge on any atom is -0.394 e. The molecule has 1 atom stereocenters. The van der Waals surface area contributed by atoms with E-state index in [1.165, 1.54) is 6.42 Å². The molecular formula is C8H14N4O. The van der Waals surface area contributed by atoms with E-state index in [2.05, 4.69) is 10.3 Å². The van der Waals surface area contributed by atoms with Crippen LogP contribution >= 0.6 is 0 Å². The maximum atomic E-state index is 8.91. The van der Waals surface area contributed by atoms with Crippen molar-refractivity contribution in [2.24, 2.45) is 5.73 Å². The van der Waals surface area contributed by atoms with E-state index in [1.807, 2.05) is 4.68 Å². The molecule has 0 aromatic carbocycles. The van der Waals surface area contributed by atoms with Crippen LogP contribution in [0.5, 0.6) is 0 Å². The Morgan fingerprint density at radius 3 is 3.15 bits per heavy atom. The minimum atomic E-state index is -0.373. The number of aryl methyl sites for hydroxylation is 1. The van der Waals surface area contributed by atoms with Gasteiger partial charge in [-0.2, -0.15) is 0 Å². The largest absolute Gasteiger partial charge is 0.394 e. The lowest BCUT2D eigenvalue weighted by molar-refractivity contribution is 0.265. The molecule has 1 aliphatic heterocycles. The summed E-state index contributed by atoms with van der Waals surface area (Å²) in [6, 6.07) is -0.373. The average Bonchev–Trinajstić information content (AvgIpc) is 2.60. The first kappa shape index (κ1) is 8.65. The van der Waals surface area contributed by atoms with Crippen molar-refractivity contribution in [3.63, 3.8) is 0 Å². The third-order valence-electron chi connectivity index (χ3n) is 2.45. The Kier molecular flexibility index (Phi) is 2.28. The summed E-state index contributed by atoms with van der Waals surface area (Å²) in [5.41, 5.74) is 7.57. The van der Waals surface area contributed by atoms with Crippen LogP contribution in [0.2, 0.25) is 0 Å². The molecule has 1 unspecified atom stereocenters. The number of aromatic nitrogens is 3. The number of aliphatic hydroxyl groups is 1. The highest BCUT2D eigenvalue weighted by atomic mass is 16.3. The lowest BCUT2D eigenvalue weighted by Crippen LogP contribution is -2.19. The SMILES string of the molecule is NC(CO)c1nnn2c1CCCC2. The van der Waals surface area contributed by atoms with Gasteiger partial charge in [-0.25, -0.2) is 4.68 Å². The molecule has 0 fully saturated rings. The molecule has 0 aliphatic carbocycles. The normalized spacial score (nSPS) is 18.3. The van der Waals surface area contributed by atoms with Crippen molar-refractivity contribution in [1.29, 1.82) is 0 Å². The topological polar surface area (TPSA) is 77.0 Å². The highest BCUT2D eigenvalue weighted by Crippen LogP contribution is 2.19. The molecule has 0 saturated heterocycles. The molecule has 3 N–H and O–H groups in total. The van der Waals surface area contributed by atoms with E-state index in [4.69, 9.17) is 10.8 Å². The number of fused-ring (bicyclic) bond motifs is 1. The Labute approximate surface area is 76.5 Å². The van der Waals surface area contributed by atoms with Gasteiger partial charge in [0.2, 0.25) is 0 Å². The van der Waals surface area contributed by atoms with E-state index >= 15 is 0 Å². The summed E-state index contributed by atoms with van der Waals surface area (Å²) < 4.78 is 1.90. The summed E-state index contributed by atoms with van der Waals surface area (Å²) in [5, 5.41) is 16.9. The molecule has 13 heavy (non-hydrogen) atoms. The smallest absolute Gasteiger partial charge is 0.105 e. The fraction of sp³-hybridized carbons (Fsp3) is 0.750. The van der Waals surface area contributed by atoms with Crippen LogP contribution in [0.25, 0.3) is 0 Å². The van der Waals surface area contributed by atoms with Gasteiger partial charge in [0.15, 0.2) is 0 Å². The molecular weight excluding hydrogens is 168 g/mol. The summed E-state index contributed by atoms with van der Waals surface area (Å²) in [7, 11) is 0. The zero-order valence-electron chi connectivity index (χ0n) is 7.48. The number of hydrogen-bond acceptors (Lipinski definition) is 4. The van der Waals surface area contributed by atoms with Crippen LogP contribution < -0.4 is 5.73 Å². The molecule has 2 heterocycles. The van der Waals surface area contributed by atoms with Gasteiger partial charge < -0.3 is 10.8 Å². The molecule has 5 heteroatoms. The zero-order valence-corrected chi connectivity index (χ0v) is 7.48. The monoisotopic (exact) mass is 182 g/mol. The Morgan fingerprint density at radius 2 is 2.38 bits per heavy atom. The first-order valence-electron chi connectivity index (χ1n) is 4.61. The lowest BCUT2D eigenvalue weighted by atomic mass is 10.1. The second kappa shape index (κ2) is 3.43. The van der Waals surface area contributed by atoms with Crippen molar-refractivity contribution in [2.75, 3.05) is 6.61 Å². The molecule has 0 bridgehead atoms. The van der Waals surface area contributed by atoms with E-state index in [0.29, 0.717) is 0 Å². The van der Waals surface area contributed by atoms with E-state index < -0.39 is 0 Å². The number of aliphatic hydroxyl groups excluding tert-OH is 1. The quantitative estimate of drug-likeness (QED) is 0.653. The minimum absolute atomic E-state index is 0.0638. The number of nitrogens with two attached hydrogens (primary N) is 1. The molecule has 1 aromatic heterocycles. The van der Waals surface area contributed by atoms with Crippen LogP contribution in [0.3, 0.4) is 0 Å². The van der Waals surface area contributed by atoms with Gasteiger partial charge in [0.1, 0.15) is 5.69 Å². The summed E-state index contributed by atoms with van der Waals surface area (Å²) in [6.07, 6.45) is 3.30. The molecule has 0 amide bonds. The Hall–Kier alpha value is -0.940. The van der Waals surface area contributed by atoms with Crippen molar-refractivity contribution in [3.8, 4) is 0 Å². The van der Waals surface area contributed by atoms with Crippen LogP contribution in [0.4, 0.5) is 0 Å². The van der Waals surface area contributed by atoms with Gasteiger partial charge >= 0.3 is 0 Å². The summed E-state index contributed by atoms with van der Waals surface area (Å²) in [5.74, 6) is 0. The summed E-state index contributed by atoms with van der Waals surface area (Å²) >= 11 is 0. The standard InChI is InChI=1S/C8H14N4O/c9-6(5-13)8-7-3-1-2-4-12(7)11-10-8/h6,13H,1-5,9H2. The summed E-state index contributed by atoms with van der Waals surface area (Å²) in [4.78, 5) is 0. The third-order valence-corrected chi connectivity index (χ3v) is 2.45. The fourth-order valence-electron chi connectivity index (χ4n) is 1.71. The van der Waals surface area contributed by atoms with Crippen LogP contribution in [-0.2, 0) is 13.0 Å². The van der Waals surface area contributed by atoms with Crippen LogP contribution in [0.15, 0.2) is 0 Å². The molecule has 2 rings (SSSR count). The highest BCUT2D eigenvalue weighted by molar-refractivity contribution is 5.15. The molecule has 0 radical (unpaired) electrons. The van der Waals surface area contributed by atoms with Crippen molar-refractivity contribution in [1.82, 2.24) is 15.0 Å². The van der Waals surface area contributed by atoms with Gasteiger partial charge in [0, 0.05) is 6.54 Å².